The SMILES string of the molecule is COc1cc(C)c(C(=O)CCC2CCCCC2)cc1C. The van der Waals surface area contributed by atoms with Crippen molar-refractivity contribution < 1.29 is 9.53 Å². The Balaban J connectivity index is 1.99. The highest BCUT2D eigenvalue weighted by atomic mass is 16.5. The fraction of sp³-hybridized carbons (Fsp3) is 0.611. The van der Waals surface area contributed by atoms with E-state index in [1.54, 1.807) is 7.11 Å². The summed E-state index contributed by atoms with van der Waals surface area (Å²) in [6.07, 6.45) is 8.45. The first-order valence-corrected chi connectivity index (χ1v) is 7.80. The number of Topliss-reactive ketones (excluding diaryl/α,β-unsaturated/α-hetero) is 1. The molecule has 0 radical (unpaired) electrons. The van der Waals surface area contributed by atoms with Gasteiger partial charge in [0.1, 0.15) is 5.75 Å². The standard InChI is InChI=1S/C18H26O2/c1-13-12-18(20-3)14(2)11-16(13)17(19)10-9-15-7-5-4-6-8-15/h11-12,15H,4-10H2,1-3H3. The van der Waals surface area contributed by atoms with Crippen LogP contribution in [0.2, 0.25) is 0 Å². The predicted molar refractivity (Wildman–Crippen MR) is 82.6 cm³/mol. The summed E-state index contributed by atoms with van der Waals surface area (Å²) >= 11 is 0. The average molecular weight is 274 g/mol. The summed E-state index contributed by atoms with van der Waals surface area (Å²) in [5, 5.41) is 0. The van der Waals surface area contributed by atoms with Crippen molar-refractivity contribution in [1.82, 2.24) is 0 Å². The lowest BCUT2D eigenvalue weighted by Crippen LogP contribution is -2.10. The highest BCUT2D eigenvalue weighted by molar-refractivity contribution is 5.97. The molecule has 0 saturated heterocycles. The van der Waals surface area contributed by atoms with Crippen LogP contribution in [0.15, 0.2) is 12.1 Å². The van der Waals surface area contributed by atoms with Gasteiger partial charge in [0, 0.05) is 12.0 Å². The zero-order valence-corrected chi connectivity index (χ0v) is 13.0. The van der Waals surface area contributed by atoms with E-state index in [9.17, 15) is 4.79 Å². The molecule has 0 aromatic heterocycles. The topological polar surface area (TPSA) is 26.3 Å². The first kappa shape index (κ1) is 15.1. The normalized spacial score (nSPS) is 16.1. The van der Waals surface area contributed by atoms with E-state index in [4.69, 9.17) is 4.74 Å². The summed E-state index contributed by atoms with van der Waals surface area (Å²) in [7, 11) is 1.67. The van der Waals surface area contributed by atoms with Crippen LogP contribution >= 0.6 is 0 Å². The summed E-state index contributed by atoms with van der Waals surface area (Å²) in [5.74, 6) is 1.93. The van der Waals surface area contributed by atoms with Gasteiger partial charge < -0.3 is 4.74 Å². The van der Waals surface area contributed by atoms with E-state index in [0.29, 0.717) is 12.2 Å². The van der Waals surface area contributed by atoms with Crippen LogP contribution in [0, 0.1) is 19.8 Å². The molecule has 0 heterocycles. The molecule has 0 amide bonds. The number of ketones is 1. The average Bonchev–Trinajstić information content (AvgIpc) is 2.47. The van der Waals surface area contributed by atoms with Gasteiger partial charge in [0.15, 0.2) is 5.78 Å². The van der Waals surface area contributed by atoms with Gasteiger partial charge >= 0.3 is 0 Å². The molecule has 1 aromatic carbocycles. The number of benzene rings is 1. The first-order chi connectivity index (χ1) is 9.61. The fourth-order valence-corrected chi connectivity index (χ4v) is 3.26. The minimum atomic E-state index is 0.291. The number of methoxy groups -OCH3 is 1. The van der Waals surface area contributed by atoms with Crippen molar-refractivity contribution in [1.29, 1.82) is 0 Å². The largest absolute Gasteiger partial charge is 0.496 e. The minimum Gasteiger partial charge on any atom is -0.496 e. The molecule has 0 bridgehead atoms. The number of hydrogen-bond donors (Lipinski definition) is 0. The van der Waals surface area contributed by atoms with E-state index in [-0.39, 0.29) is 0 Å². The van der Waals surface area contributed by atoms with Gasteiger partial charge in [-0.1, -0.05) is 32.1 Å². The highest BCUT2D eigenvalue weighted by Gasteiger charge is 2.17. The quantitative estimate of drug-likeness (QED) is 0.717. The molecule has 0 aliphatic heterocycles. The van der Waals surface area contributed by atoms with Crippen molar-refractivity contribution in [2.24, 2.45) is 5.92 Å². The lowest BCUT2D eigenvalue weighted by molar-refractivity contribution is 0.0969. The fourth-order valence-electron chi connectivity index (χ4n) is 3.26. The van der Waals surface area contributed by atoms with Crippen molar-refractivity contribution in [3.8, 4) is 5.75 Å². The van der Waals surface area contributed by atoms with Gasteiger partial charge in [-0.3, -0.25) is 4.79 Å². The first-order valence-electron chi connectivity index (χ1n) is 7.80. The smallest absolute Gasteiger partial charge is 0.163 e. The van der Waals surface area contributed by atoms with Crippen LogP contribution in [0.1, 0.15) is 66.4 Å². The molecule has 1 aromatic rings. The second kappa shape index (κ2) is 6.92. The Hall–Kier alpha value is -1.31. The summed E-state index contributed by atoms with van der Waals surface area (Å²) < 4.78 is 5.30. The van der Waals surface area contributed by atoms with Crippen LogP contribution in [0.3, 0.4) is 0 Å². The number of hydrogen-bond acceptors (Lipinski definition) is 2. The lowest BCUT2D eigenvalue weighted by Gasteiger charge is -2.21. The summed E-state index contributed by atoms with van der Waals surface area (Å²) in [4.78, 5) is 12.4. The molecule has 1 fully saturated rings. The van der Waals surface area contributed by atoms with Crippen molar-refractivity contribution in [3.05, 3.63) is 28.8 Å². The molecule has 0 unspecified atom stereocenters. The molecule has 0 N–H and O–H groups in total. The number of rotatable bonds is 5. The molecule has 1 aliphatic rings. The van der Waals surface area contributed by atoms with Crippen LogP contribution in [0.25, 0.3) is 0 Å². The van der Waals surface area contributed by atoms with Crippen molar-refractivity contribution in [2.45, 2.75) is 58.8 Å². The zero-order chi connectivity index (χ0) is 14.5. The third kappa shape index (κ3) is 3.62. The number of ether oxygens (including phenoxy) is 1. The Kier molecular flexibility index (Phi) is 5.22. The van der Waals surface area contributed by atoms with Gasteiger partial charge in [0.2, 0.25) is 0 Å². The van der Waals surface area contributed by atoms with Crippen LogP contribution in [0.5, 0.6) is 5.75 Å². The van der Waals surface area contributed by atoms with Gasteiger partial charge in [0.25, 0.3) is 0 Å². The second-order valence-corrected chi connectivity index (χ2v) is 6.10. The third-order valence-corrected chi connectivity index (χ3v) is 4.55. The van der Waals surface area contributed by atoms with Gasteiger partial charge in [-0.05, 0) is 49.4 Å². The monoisotopic (exact) mass is 274 g/mol. The Labute approximate surface area is 122 Å². The van der Waals surface area contributed by atoms with Gasteiger partial charge in [-0.25, -0.2) is 0 Å². The van der Waals surface area contributed by atoms with E-state index in [1.807, 2.05) is 26.0 Å². The Morgan fingerprint density at radius 1 is 1.15 bits per heavy atom. The van der Waals surface area contributed by atoms with Gasteiger partial charge in [0.05, 0.1) is 7.11 Å². The van der Waals surface area contributed by atoms with E-state index in [2.05, 4.69) is 0 Å². The summed E-state index contributed by atoms with van der Waals surface area (Å²) in [6, 6.07) is 3.96. The molecule has 1 aliphatic carbocycles. The minimum absolute atomic E-state index is 0.291. The molecule has 0 spiro atoms. The van der Waals surface area contributed by atoms with E-state index in [0.717, 1.165) is 34.8 Å². The number of carbonyl (C=O) groups excluding carboxylic acids is 1. The lowest BCUT2D eigenvalue weighted by atomic mass is 9.85. The Bertz CT molecular complexity index is 471. The van der Waals surface area contributed by atoms with E-state index < -0.39 is 0 Å². The molecule has 1 saturated carbocycles. The molecule has 0 atom stereocenters. The molecular formula is C18H26O2. The number of carbonyl (C=O) groups is 1. The third-order valence-electron chi connectivity index (χ3n) is 4.55. The predicted octanol–water partition coefficient (Wildman–Crippen LogP) is 4.86. The summed E-state index contributed by atoms with van der Waals surface area (Å²) in [5.41, 5.74) is 2.94. The van der Waals surface area contributed by atoms with Crippen molar-refractivity contribution in [3.63, 3.8) is 0 Å². The maximum absolute atomic E-state index is 12.4. The van der Waals surface area contributed by atoms with Crippen molar-refractivity contribution in [2.75, 3.05) is 7.11 Å². The maximum Gasteiger partial charge on any atom is 0.163 e. The highest BCUT2D eigenvalue weighted by Crippen LogP contribution is 2.29. The Morgan fingerprint density at radius 2 is 1.85 bits per heavy atom. The molecule has 2 rings (SSSR count). The van der Waals surface area contributed by atoms with E-state index >= 15 is 0 Å². The maximum atomic E-state index is 12.4. The second-order valence-electron chi connectivity index (χ2n) is 6.10. The van der Waals surface area contributed by atoms with E-state index in [1.165, 1.54) is 32.1 Å². The van der Waals surface area contributed by atoms with Gasteiger partial charge in [-0.2, -0.15) is 0 Å². The molecular weight excluding hydrogens is 248 g/mol. The van der Waals surface area contributed by atoms with Crippen molar-refractivity contribution >= 4 is 5.78 Å². The van der Waals surface area contributed by atoms with Gasteiger partial charge in [-0.15, -0.1) is 0 Å². The van der Waals surface area contributed by atoms with Crippen LogP contribution in [-0.2, 0) is 0 Å². The summed E-state index contributed by atoms with van der Waals surface area (Å²) in [6.45, 7) is 3.99. The number of aryl methyl sites for hydroxylation is 2. The zero-order valence-electron chi connectivity index (χ0n) is 13.0. The molecule has 2 heteroatoms. The Morgan fingerprint density at radius 3 is 2.50 bits per heavy atom. The van der Waals surface area contributed by atoms with Crippen LogP contribution < -0.4 is 4.74 Å². The molecule has 2 nitrogen and oxygen atoms in total. The molecule has 20 heavy (non-hydrogen) atoms. The molecule has 110 valence electrons. The van der Waals surface area contributed by atoms with Crippen LogP contribution in [-0.4, -0.2) is 12.9 Å². The van der Waals surface area contributed by atoms with Crippen LogP contribution in [0.4, 0.5) is 0 Å².